The van der Waals surface area contributed by atoms with Gasteiger partial charge in [-0.25, -0.2) is 0 Å². The molecule has 1 rings (SSSR count). The first-order valence-corrected chi connectivity index (χ1v) is 8.81. The zero-order valence-corrected chi connectivity index (χ0v) is 16.1. The molecule has 1 aromatic carbocycles. The van der Waals surface area contributed by atoms with E-state index in [0.29, 0.717) is 5.92 Å². The second-order valence-corrected chi connectivity index (χ2v) is 6.24. The summed E-state index contributed by atoms with van der Waals surface area (Å²) < 4.78 is 5.52. The van der Waals surface area contributed by atoms with E-state index in [9.17, 15) is 0 Å². The molecule has 0 spiro atoms. The van der Waals surface area contributed by atoms with Crippen molar-refractivity contribution < 1.29 is 4.74 Å². The second kappa shape index (κ2) is 10.9. The molecule has 136 valence electrons. The molecule has 0 aliphatic carbocycles. The maximum atomic E-state index is 5.52. The number of methoxy groups -OCH3 is 1. The molecule has 1 atom stereocenters. The molecule has 1 unspecified atom stereocenters. The van der Waals surface area contributed by atoms with Crippen LogP contribution in [0.3, 0.4) is 0 Å². The maximum absolute atomic E-state index is 5.52. The van der Waals surface area contributed by atoms with Crippen LogP contribution in [-0.4, -0.2) is 52.2 Å². The third-order valence-corrected chi connectivity index (χ3v) is 4.52. The monoisotopic (exact) mass is 334 g/mol. The fourth-order valence-electron chi connectivity index (χ4n) is 2.74. The van der Waals surface area contributed by atoms with E-state index in [0.717, 1.165) is 24.8 Å². The number of nitrogens with zero attached hydrogens (tertiary/aromatic N) is 2. The minimum atomic E-state index is 0.202. The molecule has 0 amide bonds. The minimum Gasteiger partial charge on any atom is -0.496 e. The van der Waals surface area contributed by atoms with Crippen LogP contribution in [0.2, 0.25) is 0 Å². The first kappa shape index (κ1) is 20.3. The van der Waals surface area contributed by atoms with E-state index in [1.54, 1.807) is 7.11 Å². The lowest BCUT2D eigenvalue weighted by Gasteiger charge is -2.27. The van der Waals surface area contributed by atoms with Crippen LogP contribution < -0.4 is 15.4 Å². The van der Waals surface area contributed by atoms with Gasteiger partial charge >= 0.3 is 0 Å². The zero-order chi connectivity index (χ0) is 17.9. The Bertz CT molecular complexity index is 498. The number of nitrogens with one attached hydrogen (secondary N) is 2. The van der Waals surface area contributed by atoms with Crippen molar-refractivity contribution in [2.24, 2.45) is 10.9 Å². The maximum Gasteiger partial charge on any atom is 0.191 e. The number of para-hydroxylation sites is 1. The van der Waals surface area contributed by atoms with Crippen LogP contribution in [0, 0.1) is 5.92 Å². The Morgan fingerprint density at radius 3 is 2.29 bits per heavy atom. The van der Waals surface area contributed by atoms with Gasteiger partial charge in [-0.2, -0.15) is 0 Å². The first-order valence-electron chi connectivity index (χ1n) is 8.81. The van der Waals surface area contributed by atoms with Gasteiger partial charge in [0, 0.05) is 25.7 Å². The number of hydrogen-bond acceptors (Lipinski definition) is 3. The summed E-state index contributed by atoms with van der Waals surface area (Å²) in [5, 5.41) is 6.88. The van der Waals surface area contributed by atoms with E-state index in [4.69, 9.17) is 4.74 Å². The number of benzene rings is 1. The van der Waals surface area contributed by atoms with Gasteiger partial charge in [0.15, 0.2) is 5.96 Å². The summed E-state index contributed by atoms with van der Waals surface area (Å²) in [4.78, 5) is 6.53. The lowest BCUT2D eigenvalue weighted by molar-refractivity contribution is 0.287. The molecular weight excluding hydrogens is 300 g/mol. The summed E-state index contributed by atoms with van der Waals surface area (Å²) in [6.07, 6.45) is 2.37. The standard InChI is InChI=1S/C19H34N4O/c1-7-15(8-2)13-21-19(20-3)22-14-17(23(4)5)16-11-9-10-12-18(16)24-6/h9-12,15,17H,7-8,13-14H2,1-6H3,(H2,20,21,22). The van der Waals surface area contributed by atoms with Crippen LogP contribution in [0.5, 0.6) is 5.75 Å². The molecule has 5 heteroatoms. The second-order valence-electron chi connectivity index (χ2n) is 6.24. The van der Waals surface area contributed by atoms with Gasteiger partial charge in [-0.3, -0.25) is 4.99 Å². The van der Waals surface area contributed by atoms with Gasteiger partial charge in [-0.05, 0) is 26.1 Å². The molecule has 24 heavy (non-hydrogen) atoms. The van der Waals surface area contributed by atoms with Gasteiger partial charge < -0.3 is 20.3 Å². The topological polar surface area (TPSA) is 48.9 Å². The van der Waals surface area contributed by atoms with Crippen LogP contribution in [-0.2, 0) is 0 Å². The summed E-state index contributed by atoms with van der Waals surface area (Å²) in [5.41, 5.74) is 1.17. The highest BCUT2D eigenvalue weighted by molar-refractivity contribution is 5.79. The molecule has 0 radical (unpaired) electrons. The first-order chi connectivity index (χ1) is 11.6. The van der Waals surface area contributed by atoms with E-state index < -0.39 is 0 Å². The van der Waals surface area contributed by atoms with Gasteiger partial charge in [-0.1, -0.05) is 44.9 Å². The molecule has 0 aliphatic rings. The summed E-state index contributed by atoms with van der Waals surface area (Å²) in [6.45, 7) is 6.18. The van der Waals surface area contributed by atoms with Crippen LogP contribution in [0.4, 0.5) is 0 Å². The van der Waals surface area contributed by atoms with Crippen LogP contribution in [0.15, 0.2) is 29.3 Å². The highest BCUT2D eigenvalue weighted by atomic mass is 16.5. The van der Waals surface area contributed by atoms with Crippen molar-refractivity contribution in [1.29, 1.82) is 0 Å². The van der Waals surface area contributed by atoms with Gasteiger partial charge in [0.2, 0.25) is 0 Å². The predicted octanol–water partition coefficient (Wildman–Crippen LogP) is 2.90. The smallest absolute Gasteiger partial charge is 0.191 e. The Kier molecular flexibility index (Phi) is 9.23. The van der Waals surface area contributed by atoms with Crippen molar-refractivity contribution in [3.05, 3.63) is 29.8 Å². The minimum absolute atomic E-state index is 0.202. The van der Waals surface area contributed by atoms with Crippen LogP contribution in [0.25, 0.3) is 0 Å². The third-order valence-electron chi connectivity index (χ3n) is 4.52. The van der Waals surface area contributed by atoms with Crippen LogP contribution in [0.1, 0.15) is 38.3 Å². The number of ether oxygens (including phenoxy) is 1. The Morgan fingerprint density at radius 1 is 1.12 bits per heavy atom. The number of aliphatic imine (C=N–C) groups is 1. The highest BCUT2D eigenvalue weighted by Gasteiger charge is 2.18. The summed E-state index contributed by atoms with van der Waals surface area (Å²) in [6, 6.07) is 8.37. The lowest BCUT2D eigenvalue weighted by Crippen LogP contribution is -2.43. The summed E-state index contributed by atoms with van der Waals surface area (Å²) in [7, 11) is 7.70. The summed E-state index contributed by atoms with van der Waals surface area (Å²) >= 11 is 0. The van der Waals surface area contributed by atoms with Crippen molar-refractivity contribution >= 4 is 5.96 Å². The average molecular weight is 335 g/mol. The molecule has 5 nitrogen and oxygen atoms in total. The van der Waals surface area contributed by atoms with Gasteiger partial charge in [0.05, 0.1) is 13.2 Å². The molecule has 0 heterocycles. The van der Waals surface area contributed by atoms with Gasteiger partial charge in [0.1, 0.15) is 5.75 Å². The van der Waals surface area contributed by atoms with E-state index in [1.807, 2.05) is 19.2 Å². The normalized spacial score (nSPS) is 13.2. The number of guanidine groups is 1. The molecule has 2 N–H and O–H groups in total. The Hall–Kier alpha value is -1.75. The molecule has 0 bridgehead atoms. The average Bonchev–Trinajstić information content (AvgIpc) is 2.60. The Balaban J connectivity index is 2.72. The Morgan fingerprint density at radius 2 is 1.75 bits per heavy atom. The van der Waals surface area contributed by atoms with Crippen molar-refractivity contribution in [3.63, 3.8) is 0 Å². The number of hydrogen-bond donors (Lipinski definition) is 2. The van der Waals surface area contributed by atoms with E-state index in [2.05, 4.69) is 60.6 Å². The van der Waals surface area contributed by atoms with Crippen molar-refractivity contribution in [2.75, 3.05) is 41.3 Å². The third kappa shape index (κ3) is 6.04. The molecule has 0 aromatic heterocycles. The molecule has 0 saturated heterocycles. The van der Waals surface area contributed by atoms with Crippen LogP contribution >= 0.6 is 0 Å². The largest absolute Gasteiger partial charge is 0.496 e. The lowest BCUT2D eigenvalue weighted by atomic mass is 10.0. The fraction of sp³-hybridized carbons (Fsp3) is 0.632. The molecule has 0 fully saturated rings. The van der Waals surface area contributed by atoms with E-state index in [-0.39, 0.29) is 6.04 Å². The zero-order valence-electron chi connectivity index (χ0n) is 16.1. The molecule has 1 aromatic rings. The van der Waals surface area contributed by atoms with E-state index >= 15 is 0 Å². The van der Waals surface area contributed by atoms with Crippen molar-refractivity contribution in [1.82, 2.24) is 15.5 Å². The Labute approximate surface area is 147 Å². The number of likely N-dealkylation sites (N-methyl/N-ethyl adjacent to an activating group) is 1. The summed E-state index contributed by atoms with van der Waals surface area (Å²) in [5.74, 6) is 2.45. The van der Waals surface area contributed by atoms with Gasteiger partial charge in [0.25, 0.3) is 0 Å². The molecular formula is C19H34N4O. The highest BCUT2D eigenvalue weighted by Crippen LogP contribution is 2.27. The molecule has 0 aliphatic heterocycles. The van der Waals surface area contributed by atoms with E-state index in [1.165, 1.54) is 18.4 Å². The molecule has 0 saturated carbocycles. The van der Waals surface area contributed by atoms with Crippen molar-refractivity contribution in [2.45, 2.75) is 32.7 Å². The fourth-order valence-corrected chi connectivity index (χ4v) is 2.74. The quantitative estimate of drug-likeness (QED) is 0.538. The number of rotatable bonds is 9. The predicted molar refractivity (Wildman–Crippen MR) is 103 cm³/mol. The SMILES string of the molecule is CCC(CC)CNC(=NC)NCC(c1ccccc1OC)N(C)C. The van der Waals surface area contributed by atoms with Crippen molar-refractivity contribution in [3.8, 4) is 5.75 Å². The van der Waals surface area contributed by atoms with Gasteiger partial charge in [-0.15, -0.1) is 0 Å².